The molecule has 4 aromatic rings. The number of nitro groups is 1. The zero-order valence-corrected chi connectivity index (χ0v) is 17.1. The van der Waals surface area contributed by atoms with Crippen molar-refractivity contribution in [3.8, 4) is 0 Å². The predicted octanol–water partition coefficient (Wildman–Crippen LogP) is 4.49. The average molecular weight is 449 g/mol. The number of hydrogen-bond donors (Lipinski definition) is 0. The first kappa shape index (κ1) is 20.3. The van der Waals surface area contributed by atoms with Crippen LogP contribution in [-0.4, -0.2) is 29.1 Å². The van der Waals surface area contributed by atoms with Crippen LogP contribution in [0.15, 0.2) is 41.4 Å². The third-order valence-corrected chi connectivity index (χ3v) is 6.46. The fraction of sp³-hybridized carbons (Fsp3) is 0.158. The first-order chi connectivity index (χ1) is 14.4. The fourth-order valence-corrected chi connectivity index (χ4v) is 5.02. The van der Waals surface area contributed by atoms with Gasteiger partial charge >= 0.3 is 0 Å². The molecule has 0 aliphatic carbocycles. The number of carbonyl (C=O) groups is 1. The Morgan fingerprint density at radius 2 is 2.00 bits per heavy atom. The molecule has 11 heteroatoms. The molecule has 2 aromatic carbocycles. The standard InChI is InChI=1S/C19H13F2N3O4S2/c1-28-5-4-23-17-13(21)8-11(20)9-15(17)30-19(23)22-18(25)16-7-10-6-12(24(26)27)2-3-14(10)29-16/h2-3,6-9H,4-5H2,1H3. The van der Waals surface area contributed by atoms with Crippen molar-refractivity contribution in [3.05, 3.63) is 67.8 Å². The first-order valence-electron chi connectivity index (χ1n) is 8.62. The van der Waals surface area contributed by atoms with E-state index in [1.807, 2.05) is 0 Å². The Morgan fingerprint density at radius 1 is 1.20 bits per heavy atom. The van der Waals surface area contributed by atoms with E-state index in [0.717, 1.165) is 28.7 Å². The number of methoxy groups -OCH3 is 1. The molecule has 0 fully saturated rings. The Labute approximate surface area is 175 Å². The number of carbonyl (C=O) groups excluding carboxylic acids is 1. The Balaban J connectivity index is 1.82. The van der Waals surface area contributed by atoms with E-state index in [-0.39, 0.29) is 34.0 Å². The van der Waals surface area contributed by atoms with Gasteiger partial charge in [-0.25, -0.2) is 8.78 Å². The third-order valence-electron chi connectivity index (χ3n) is 4.33. The summed E-state index contributed by atoms with van der Waals surface area (Å²) in [5.41, 5.74) is 0.0765. The number of non-ortho nitro benzene ring substituents is 1. The maximum absolute atomic E-state index is 14.4. The molecule has 2 heterocycles. The number of thiazole rings is 1. The van der Waals surface area contributed by atoms with Crippen LogP contribution in [0, 0.1) is 21.7 Å². The Hall–Kier alpha value is -3.02. The lowest BCUT2D eigenvalue weighted by Gasteiger charge is -2.05. The van der Waals surface area contributed by atoms with Crippen molar-refractivity contribution in [3.63, 3.8) is 0 Å². The number of nitrogens with zero attached hydrogens (tertiary/aromatic N) is 3. The summed E-state index contributed by atoms with van der Waals surface area (Å²) < 4.78 is 35.5. The largest absolute Gasteiger partial charge is 0.383 e. The molecule has 7 nitrogen and oxygen atoms in total. The molecule has 0 saturated carbocycles. The highest BCUT2D eigenvalue weighted by molar-refractivity contribution is 7.21. The molecule has 0 spiro atoms. The van der Waals surface area contributed by atoms with E-state index in [1.54, 1.807) is 6.07 Å². The highest BCUT2D eigenvalue weighted by Gasteiger charge is 2.16. The van der Waals surface area contributed by atoms with E-state index in [4.69, 9.17) is 4.74 Å². The van der Waals surface area contributed by atoms with Crippen molar-refractivity contribution in [1.82, 2.24) is 4.57 Å². The highest BCUT2D eigenvalue weighted by Crippen LogP contribution is 2.29. The second-order valence-corrected chi connectivity index (χ2v) is 8.36. The van der Waals surface area contributed by atoms with Gasteiger partial charge in [-0.15, -0.1) is 11.3 Å². The minimum Gasteiger partial charge on any atom is -0.383 e. The number of amides is 1. The van der Waals surface area contributed by atoms with Gasteiger partial charge in [0.05, 0.1) is 26.6 Å². The van der Waals surface area contributed by atoms with Gasteiger partial charge in [-0.3, -0.25) is 14.9 Å². The lowest BCUT2D eigenvalue weighted by atomic mass is 10.2. The molecular formula is C19H13F2N3O4S2. The van der Waals surface area contributed by atoms with Crippen molar-refractivity contribution < 1.29 is 23.2 Å². The summed E-state index contributed by atoms with van der Waals surface area (Å²) in [6.45, 7) is 0.473. The van der Waals surface area contributed by atoms with Gasteiger partial charge in [0.25, 0.3) is 11.6 Å². The minimum atomic E-state index is -0.750. The van der Waals surface area contributed by atoms with Gasteiger partial charge in [-0.05, 0) is 18.2 Å². The summed E-state index contributed by atoms with van der Waals surface area (Å²) in [4.78, 5) is 27.8. The molecular weight excluding hydrogens is 436 g/mol. The van der Waals surface area contributed by atoms with E-state index >= 15 is 0 Å². The third kappa shape index (κ3) is 3.74. The molecule has 0 aliphatic heterocycles. The molecule has 0 bridgehead atoms. The number of benzene rings is 2. The molecule has 4 rings (SSSR count). The number of fused-ring (bicyclic) bond motifs is 2. The molecule has 0 N–H and O–H groups in total. The molecule has 1 amide bonds. The second kappa shape index (κ2) is 8.01. The molecule has 30 heavy (non-hydrogen) atoms. The minimum absolute atomic E-state index is 0.0735. The highest BCUT2D eigenvalue weighted by atomic mass is 32.1. The number of hydrogen-bond acceptors (Lipinski definition) is 6. The molecule has 0 unspecified atom stereocenters. The lowest BCUT2D eigenvalue weighted by molar-refractivity contribution is -0.384. The van der Waals surface area contributed by atoms with Crippen LogP contribution in [0.4, 0.5) is 14.5 Å². The second-order valence-electron chi connectivity index (χ2n) is 6.27. The summed E-state index contributed by atoms with van der Waals surface area (Å²) in [7, 11) is 1.49. The lowest BCUT2D eigenvalue weighted by Crippen LogP contribution is -2.19. The number of aromatic nitrogens is 1. The van der Waals surface area contributed by atoms with Crippen molar-refractivity contribution >= 4 is 54.6 Å². The van der Waals surface area contributed by atoms with Crippen LogP contribution < -0.4 is 4.80 Å². The molecule has 154 valence electrons. The van der Waals surface area contributed by atoms with Crippen molar-refractivity contribution in [2.75, 3.05) is 13.7 Å². The van der Waals surface area contributed by atoms with E-state index in [2.05, 4.69) is 4.99 Å². The zero-order valence-electron chi connectivity index (χ0n) is 15.4. The molecule has 0 radical (unpaired) electrons. The maximum atomic E-state index is 14.4. The molecule has 2 aromatic heterocycles. The summed E-state index contributed by atoms with van der Waals surface area (Å²) in [5.74, 6) is -2.04. The van der Waals surface area contributed by atoms with Crippen molar-refractivity contribution in [2.45, 2.75) is 6.54 Å². The van der Waals surface area contributed by atoms with Gasteiger partial charge in [0.15, 0.2) is 10.6 Å². The van der Waals surface area contributed by atoms with E-state index in [0.29, 0.717) is 14.8 Å². The normalized spacial score (nSPS) is 12.2. The van der Waals surface area contributed by atoms with Crippen LogP contribution in [0.25, 0.3) is 20.3 Å². The van der Waals surface area contributed by atoms with Crippen LogP contribution in [0.3, 0.4) is 0 Å². The van der Waals surface area contributed by atoms with Gasteiger partial charge in [0.1, 0.15) is 5.82 Å². The van der Waals surface area contributed by atoms with E-state index in [1.165, 1.54) is 35.9 Å². The van der Waals surface area contributed by atoms with E-state index in [9.17, 15) is 23.7 Å². The quantitative estimate of drug-likeness (QED) is 0.332. The van der Waals surface area contributed by atoms with Gasteiger partial charge in [0.2, 0.25) is 0 Å². The van der Waals surface area contributed by atoms with Crippen molar-refractivity contribution in [1.29, 1.82) is 0 Å². The average Bonchev–Trinajstić information content (AvgIpc) is 3.26. The van der Waals surface area contributed by atoms with E-state index < -0.39 is 22.5 Å². The summed E-state index contributed by atoms with van der Waals surface area (Å²) in [5, 5.41) is 11.5. The SMILES string of the molecule is COCCn1c(=NC(=O)c2cc3cc([N+](=O)[O-])ccc3s2)sc2cc(F)cc(F)c21. The molecule has 0 atom stereocenters. The summed E-state index contributed by atoms with van der Waals surface area (Å²) >= 11 is 2.15. The van der Waals surface area contributed by atoms with Crippen LogP contribution in [-0.2, 0) is 11.3 Å². The van der Waals surface area contributed by atoms with Crippen LogP contribution in [0.1, 0.15) is 9.67 Å². The van der Waals surface area contributed by atoms with Gasteiger partial charge in [-0.2, -0.15) is 4.99 Å². The summed E-state index contributed by atoms with van der Waals surface area (Å²) in [6, 6.07) is 7.83. The van der Waals surface area contributed by atoms with Crippen LogP contribution in [0.2, 0.25) is 0 Å². The van der Waals surface area contributed by atoms with Crippen molar-refractivity contribution in [2.24, 2.45) is 4.99 Å². The Bertz CT molecular complexity index is 1370. The number of ether oxygens (including phenoxy) is 1. The molecule has 0 aliphatic rings. The predicted molar refractivity (Wildman–Crippen MR) is 110 cm³/mol. The number of rotatable bonds is 5. The zero-order chi connectivity index (χ0) is 21.4. The molecule has 0 saturated heterocycles. The monoisotopic (exact) mass is 449 g/mol. The number of nitro benzene ring substituents is 1. The Kier molecular flexibility index (Phi) is 5.41. The number of thiophene rings is 1. The fourth-order valence-electron chi connectivity index (χ4n) is 3.00. The van der Waals surface area contributed by atoms with Gasteiger partial charge < -0.3 is 9.30 Å². The van der Waals surface area contributed by atoms with Crippen LogP contribution >= 0.6 is 22.7 Å². The smallest absolute Gasteiger partial charge is 0.289 e. The Morgan fingerprint density at radius 3 is 2.73 bits per heavy atom. The maximum Gasteiger partial charge on any atom is 0.289 e. The van der Waals surface area contributed by atoms with Gasteiger partial charge in [-0.1, -0.05) is 11.3 Å². The van der Waals surface area contributed by atoms with Crippen LogP contribution in [0.5, 0.6) is 0 Å². The first-order valence-corrected chi connectivity index (χ1v) is 10.2. The number of halogens is 2. The van der Waals surface area contributed by atoms with Gasteiger partial charge in [0, 0.05) is 41.9 Å². The summed E-state index contributed by atoms with van der Waals surface area (Å²) in [6.07, 6.45) is 0. The topological polar surface area (TPSA) is 86.7 Å².